The topological polar surface area (TPSA) is 20.3 Å². The molecule has 1 aliphatic rings. The van der Waals surface area contributed by atoms with Crippen LogP contribution in [0.15, 0.2) is 0 Å². The van der Waals surface area contributed by atoms with Crippen molar-refractivity contribution < 1.29 is 4.79 Å². The Balaban J connectivity index is 2.22. The molecule has 0 radical (unpaired) electrons. The summed E-state index contributed by atoms with van der Waals surface area (Å²) in [6, 6.07) is 0. The molecule has 0 N–H and O–H groups in total. The molecular weight excluding hydrogens is 289 g/mol. The monoisotopic (exact) mass is 297 g/mol. The lowest BCUT2D eigenvalue weighted by atomic mass is 10.1. The largest absolute Gasteiger partial charge is 0.338 e. The minimum Gasteiger partial charge on any atom is -0.338 e. The molecule has 0 aliphatic carbocycles. The molecule has 1 aliphatic heterocycles. The third kappa shape index (κ3) is 2.33. The first-order valence-corrected chi connectivity index (χ1v) is 6.99. The minimum absolute atomic E-state index is 0.0523. The fourth-order valence-electron chi connectivity index (χ4n) is 1.74. The molecule has 1 saturated heterocycles. The highest BCUT2D eigenvalue weighted by Crippen LogP contribution is 2.41. The fourth-order valence-corrected chi connectivity index (χ4v) is 3.51. The maximum atomic E-state index is 12.1. The molecule has 1 aromatic rings. The number of amides is 1. The van der Waals surface area contributed by atoms with Crippen molar-refractivity contribution in [2.45, 2.75) is 19.3 Å². The zero-order valence-electron chi connectivity index (χ0n) is 8.43. The number of nitrogens with zero attached hydrogens (tertiary/aromatic N) is 1. The van der Waals surface area contributed by atoms with Gasteiger partial charge in [-0.1, -0.05) is 34.8 Å². The molecule has 6 heteroatoms. The summed E-state index contributed by atoms with van der Waals surface area (Å²) in [6.45, 7) is 1.59. The molecule has 1 amide bonds. The first kappa shape index (κ1) is 12.5. The highest BCUT2D eigenvalue weighted by Gasteiger charge is 2.25. The van der Waals surface area contributed by atoms with Crippen LogP contribution in [0.25, 0.3) is 0 Å². The van der Waals surface area contributed by atoms with Crippen molar-refractivity contribution in [1.82, 2.24) is 4.90 Å². The van der Waals surface area contributed by atoms with E-state index in [1.54, 1.807) is 0 Å². The van der Waals surface area contributed by atoms with Crippen LogP contribution in [0.5, 0.6) is 0 Å². The van der Waals surface area contributed by atoms with Crippen LogP contribution in [-0.2, 0) is 0 Å². The lowest BCUT2D eigenvalue weighted by Gasteiger charge is -2.26. The van der Waals surface area contributed by atoms with Gasteiger partial charge in [0.25, 0.3) is 5.91 Å². The van der Waals surface area contributed by atoms with Crippen molar-refractivity contribution in [1.29, 1.82) is 0 Å². The van der Waals surface area contributed by atoms with E-state index < -0.39 is 0 Å². The molecule has 2 rings (SSSR count). The van der Waals surface area contributed by atoms with Gasteiger partial charge in [-0.15, -0.1) is 11.3 Å². The normalized spacial score (nSPS) is 16.6. The quantitative estimate of drug-likeness (QED) is 0.755. The second-order valence-corrected chi connectivity index (χ2v) is 6.06. The standard InChI is InChI=1S/C10H10Cl3NOS/c11-6-7(12)9(13)16-8(6)10(15)14-4-2-1-3-5-14/h1-5H2. The first-order valence-electron chi connectivity index (χ1n) is 5.04. The summed E-state index contributed by atoms with van der Waals surface area (Å²) < 4.78 is 0.382. The Bertz CT molecular complexity index is 412. The average Bonchev–Trinajstić information content (AvgIpc) is 2.57. The number of hydrogen-bond acceptors (Lipinski definition) is 2. The number of rotatable bonds is 1. The number of thiophene rings is 1. The zero-order chi connectivity index (χ0) is 11.7. The lowest BCUT2D eigenvalue weighted by Crippen LogP contribution is -2.35. The van der Waals surface area contributed by atoms with Gasteiger partial charge in [0.1, 0.15) is 9.21 Å². The van der Waals surface area contributed by atoms with Crippen molar-refractivity contribution in [3.05, 3.63) is 19.3 Å². The van der Waals surface area contributed by atoms with Crippen LogP contribution in [0.3, 0.4) is 0 Å². The average molecular weight is 299 g/mol. The molecule has 1 fully saturated rings. The van der Waals surface area contributed by atoms with Crippen molar-refractivity contribution >= 4 is 52.0 Å². The van der Waals surface area contributed by atoms with Crippen molar-refractivity contribution in [2.24, 2.45) is 0 Å². The van der Waals surface area contributed by atoms with Crippen LogP contribution in [0.2, 0.25) is 14.4 Å². The van der Waals surface area contributed by atoms with Gasteiger partial charge in [-0.25, -0.2) is 0 Å². The Labute approximate surface area is 113 Å². The van der Waals surface area contributed by atoms with Gasteiger partial charge in [-0.2, -0.15) is 0 Å². The second-order valence-electron chi connectivity index (χ2n) is 3.69. The van der Waals surface area contributed by atoms with Crippen LogP contribution in [0.1, 0.15) is 28.9 Å². The number of carbonyl (C=O) groups excluding carboxylic acids is 1. The summed E-state index contributed by atoms with van der Waals surface area (Å²) in [5.74, 6) is -0.0523. The van der Waals surface area contributed by atoms with Gasteiger partial charge >= 0.3 is 0 Å². The summed E-state index contributed by atoms with van der Waals surface area (Å²) in [6.07, 6.45) is 3.29. The van der Waals surface area contributed by atoms with E-state index in [1.165, 1.54) is 6.42 Å². The van der Waals surface area contributed by atoms with Crippen LogP contribution in [-0.4, -0.2) is 23.9 Å². The summed E-state index contributed by atoms with van der Waals surface area (Å²) in [5.41, 5.74) is 0. The number of halogens is 3. The van der Waals surface area contributed by atoms with Crippen LogP contribution in [0.4, 0.5) is 0 Å². The van der Waals surface area contributed by atoms with Crippen LogP contribution < -0.4 is 0 Å². The number of likely N-dealkylation sites (tertiary alicyclic amines) is 1. The summed E-state index contributed by atoms with van der Waals surface area (Å²) >= 11 is 18.8. The van der Waals surface area contributed by atoms with E-state index in [-0.39, 0.29) is 16.0 Å². The summed E-state index contributed by atoms with van der Waals surface area (Å²) in [4.78, 5) is 14.4. The van der Waals surface area contributed by atoms with Gasteiger partial charge in [0.15, 0.2) is 0 Å². The van der Waals surface area contributed by atoms with Gasteiger partial charge in [-0.05, 0) is 19.3 Å². The van der Waals surface area contributed by atoms with E-state index in [9.17, 15) is 4.79 Å². The lowest BCUT2D eigenvalue weighted by molar-refractivity contribution is 0.0729. The van der Waals surface area contributed by atoms with Gasteiger partial charge in [-0.3, -0.25) is 4.79 Å². The maximum Gasteiger partial charge on any atom is 0.265 e. The zero-order valence-corrected chi connectivity index (χ0v) is 11.5. The number of hydrogen-bond donors (Lipinski definition) is 0. The second kappa shape index (κ2) is 5.13. The Morgan fingerprint density at radius 2 is 1.69 bits per heavy atom. The van der Waals surface area contributed by atoms with Crippen LogP contribution in [0, 0.1) is 0 Å². The van der Waals surface area contributed by atoms with E-state index >= 15 is 0 Å². The number of carbonyl (C=O) groups is 1. The Hall–Kier alpha value is 0.0400. The molecular formula is C10H10Cl3NOS. The summed E-state index contributed by atoms with van der Waals surface area (Å²) in [7, 11) is 0. The van der Waals surface area contributed by atoms with Gasteiger partial charge < -0.3 is 4.90 Å². The molecule has 0 bridgehead atoms. The highest BCUT2D eigenvalue weighted by atomic mass is 35.5. The van der Waals surface area contributed by atoms with E-state index in [0.717, 1.165) is 37.3 Å². The summed E-state index contributed by atoms with van der Waals surface area (Å²) in [5, 5.41) is 0.570. The Morgan fingerprint density at radius 1 is 1.06 bits per heavy atom. The van der Waals surface area contributed by atoms with Gasteiger partial charge in [0.2, 0.25) is 0 Å². The Kier molecular flexibility index (Phi) is 4.01. The SMILES string of the molecule is O=C(c1sc(Cl)c(Cl)c1Cl)N1CCCCC1. The molecule has 0 spiro atoms. The van der Waals surface area contributed by atoms with Crippen LogP contribution >= 0.6 is 46.1 Å². The molecule has 0 aromatic carbocycles. The molecule has 2 heterocycles. The smallest absolute Gasteiger partial charge is 0.265 e. The third-order valence-electron chi connectivity index (χ3n) is 2.59. The van der Waals surface area contributed by atoms with E-state index in [2.05, 4.69) is 0 Å². The van der Waals surface area contributed by atoms with Crippen molar-refractivity contribution in [3.63, 3.8) is 0 Å². The van der Waals surface area contributed by atoms with Gasteiger partial charge in [0.05, 0.1) is 10.0 Å². The molecule has 1 aromatic heterocycles. The number of piperidine rings is 1. The molecule has 88 valence electrons. The highest BCUT2D eigenvalue weighted by molar-refractivity contribution is 7.19. The van der Waals surface area contributed by atoms with E-state index in [4.69, 9.17) is 34.8 Å². The third-order valence-corrected chi connectivity index (χ3v) is 5.15. The Morgan fingerprint density at radius 3 is 2.19 bits per heavy atom. The molecule has 2 nitrogen and oxygen atoms in total. The van der Waals surface area contributed by atoms with Crippen molar-refractivity contribution in [3.8, 4) is 0 Å². The molecule has 0 atom stereocenters. The predicted molar refractivity (Wildman–Crippen MR) is 69.1 cm³/mol. The maximum absolute atomic E-state index is 12.1. The first-order chi connectivity index (χ1) is 7.61. The molecule has 0 unspecified atom stereocenters. The molecule has 0 saturated carbocycles. The van der Waals surface area contributed by atoms with Crippen molar-refractivity contribution in [2.75, 3.05) is 13.1 Å². The van der Waals surface area contributed by atoms with E-state index in [0.29, 0.717) is 9.21 Å². The predicted octanol–water partition coefficient (Wildman–Crippen LogP) is 4.33. The fraction of sp³-hybridized carbons (Fsp3) is 0.500. The van der Waals surface area contributed by atoms with Gasteiger partial charge in [0, 0.05) is 13.1 Å². The van der Waals surface area contributed by atoms with E-state index in [1.807, 2.05) is 4.90 Å². The minimum atomic E-state index is -0.0523. The molecule has 16 heavy (non-hydrogen) atoms.